The summed E-state index contributed by atoms with van der Waals surface area (Å²) in [6.07, 6.45) is 0. The van der Waals surface area contributed by atoms with Crippen molar-refractivity contribution in [2.24, 2.45) is 5.73 Å². The van der Waals surface area contributed by atoms with Gasteiger partial charge in [-0.05, 0) is 26.1 Å². The van der Waals surface area contributed by atoms with E-state index in [1.165, 1.54) is 11.0 Å². The number of nitrogens with zero attached hydrogens (tertiary/aromatic N) is 2. The highest BCUT2D eigenvalue weighted by atomic mass is 16.5. The van der Waals surface area contributed by atoms with E-state index >= 15 is 0 Å². The molecule has 9 heteroatoms. The molecular weight excluding hydrogens is 326 g/mol. The predicted octanol–water partition coefficient (Wildman–Crippen LogP) is 0.591. The zero-order valence-corrected chi connectivity index (χ0v) is 13.9. The average molecular weight is 345 g/mol. The smallest absolute Gasteiger partial charge is 0.250 e. The molecule has 0 atom stereocenters. The van der Waals surface area contributed by atoms with Crippen LogP contribution in [-0.2, 0) is 9.59 Å². The molecule has 3 amide bonds. The largest absolute Gasteiger partial charge is 0.366 e. The van der Waals surface area contributed by atoms with Crippen molar-refractivity contribution >= 4 is 29.2 Å². The number of para-hydroxylation sites is 1. The zero-order valence-electron chi connectivity index (χ0n) is 13.9. The number of aryl methyl sites for hydroxylation is 1. The fraction of sp³-hybridized carbons (Fsp3) is 0.250. The van der Waals surface area contributed by atoms with E-state index in [9.17, 15) is 14.4 Å². The van der Waals surface area contributed by atoms with Crippen LogP contribution in [0.15, 0.2) is 34.9 Å². The normalized spacial score (nSPS) is 10.5. The maximum absolute atomic E-state index is 12.1. The Kier molecular flexibility index (Phi) is 5.85. The Morgan fingerprint density at radius 2 is 1.80 bits per heavy atom. The van der Waals surface area contributed by atoms with E-state index in [1.54, 1.807) is 38.2 Å². The maximum atomic E-state index is 12.1. The number of carbonyl (C=O) groups excluding carboxylic acids is 3. The topological polar surface area (TPSA) is 131 Å². The minimum Gasteiger partial charge on any atom is -0.366 e. The second kappa shape index (κ2) is 8.06. The molecule has 0 aliphatic heterocycles. The molecule has 0 aliphatic carbocycles. The Morgan fingerprint density at radius 1 is 1.16 bits per heavy atom. The molecule has 0 bridgehead atoms. The number of hydrogen-bond donors (Lipinski definition) is 3. The summed E-state index contributed by atoms with van der Waals surface area (Å²) in [6, 6.07) is 8.02. The number of aromatic nitrogens is 1. The third-order valence-electron chi connectivity index (χ3n) is 3.19. The molecule has 9 nitrogen and oxygen atoms in total. The second-order valence-electron chi connectivity index (χ2n) is 5.50. The van der Waals surface area contributed by atoms with Crippen LogP contribution in [0.3, 0.4) is 0 Å². The van der Waals surface area contributed by atoms with Gasteiger partial charge in [0.15, 0.2) is 5.82 Å². The standard InChI is InChI=1S/C16H19N5O4/c1-10-7-13(20-25-10)19-15(23)9-21(2)8-14(22)18-12-6-4-3-5-11(12)16(17)24/h3-7H,8-9H2,1-2H3,(H2,17,24)(H,18,22)(H,19,20,23). The highest BCUT2D eigenvalue weighted by molar-refractivity contribution is 6.03. The van der Waals surface area contributed by atoms with Gasteiger partial charge in [0, 0.05) is 6.07 Å². The third-order valence-corrected chi connectivity index (χ3v) is 3.19. The summed E-state index contributed by atoms with van der Waals surface area (Å²) >= 11 is 0. The van der Waals surface area contributed by atoms with Crippen molar-refractivity contribution < 1.29 is 18.9 Å². The van der Waals surface area contributed by atoms with E-state index in [4.69, 9.17) is 10.3 Å². The second-order valence-corrected chi connectivity index (χ2v) is 5.50. The third kappa shape index (κ3) is 5.43. The molecule has 132 valence electrons. The number of primary amides is 1. The van der Waals surface area contributed by atoms with Crippen LogP contribution in [0.4, 0.5) is 11.5 Å². The number of benzene rings is 1. The fourth-order valence-electron chi connectivity index (χ4n) is 2.15. The van der Waals surface area contributed by atoms with E-state index in [0.717, 1.165) is 0 Å². The summed E-state index contributed by atoms with van der Waals surface area (Å²) in [5.74, 6) is -0.444. The van der Waals surface area contributed by atoms with E-state index in [1.807, 2.05) is 0 Å². The monoisotopic (exact) mass is 345 g/mol. The summed E-state index contributed by atoms with van der Waals surface area (Å²) in [5, 5.41) is 8.83. The van der Waals surface area contributed by atoms with Gasteiger partial charge in [-0.2, -0.15) is 0 Å². The van der Waals surface area contributed by atoms with Crippen molar-refractivity contribution in [3.8, 4) is 0 Å². The highest BCUT2D eigenvalue weighted by Crippen LogP contribution is 2.14. The van der Waals surface area contributed by atoms with Crippen molar-refractivity contribution in [2.75, 3.05) is 30.8 Å². The molecule has 0 unspecified atom stereocenters. The molecule has 4 N–H and O–H groups in total. The molecule has 2 aromatic rings. The Bertz CT molecular complexity index is 786. The minimum atomic E-state index is -0.633. The summed E-state index contributed by atoms with van der Waals surface area (Å²) in [7, 11) is 1.62. The van der Waals surface area contributed by atoms with Gasteiger partial charge in [0.2, 0.25) is 11.8 Å². The van der Waals surface area contributed by atoms with E-state index < -0.39 is 5.91 Å². The number of carbonyl (C=O) groups is 3. The molecular formula is C16H19N5O4. The molecule has 1 heterocycles. The quantitative estimate of drug-likeness (QED) is 0.673. The Labute approximate surface area is 144 Å². The van der Waals surface area contributed by atoms with E-state index in [0.29, 0.717) is 17.3 Å². The van der Waals surface area contributed by atoms with Crippen LogP contribution in [0.5, 0.6) is 0 Å². The first-order chi connectivity index (χ1) is 11.8. The van der Waals surface area contributed by atoms with Gasteiger partial charge in [0.25, 0.3) is 5.91 Å². The van der Waals surface area contributed by atoms with Crippen LogP contribution >= 0.6 is 0 Å². The van der Waals surface area contributed by atoms with Crippen molar-refractivity contribution in [3.05, 3.63) is 41.7 Å². The molecule has 2 rings (SSSR count). The lowest BCUT2D eigenvalue weighted by Crippen LogP contribution is -2.36. The number of likely N-dealkylation sites (N-methyl/N-ethyl adjacent to an activating group) is 1. The first-order valence-corrected chi connectivity index (χ1v) is 7.45. The van der Waals surface area contributed by atoms with Gasteiger partial charge in [-0.25, -0.2) is 0 Å². The zero-order chi connectivity index (χ0) is 18.4. The molecule has 0 fully saturated rings. The summed E-state index contributed by atoms with van der Waals surface area (Å²) in [4.78, 5) is 36.8. The SMILES string of the molecule is Cc1cc(NC(=O)CN(C)CC(=O)Nc2ccccc2C(N)=O)no1. The fourth-order valence-corrected chi connectivity index (χ4v) is 2.15. The van der Waals surface area contributed by atoms with Crippen LogP contribution in [-0.4, -0.2) is 47.9 Å². The van der Waals surface area contributed by atoms with Crippen molar-refractivity contribution in [1.29, 1.82) is 0 Å². The minimum absolute atomic E-state index is 0.0171. The molecule has 1 aromatic heterocycles. The van der Waals surface area contributed by atoms with Crippen LogP contribution < -0.4 is 16.4 Å². The maximum Gasteiger partial charge on any atom is 0.250 e. The van der Waals surface area contributed by atoms with Gasteiger partial charge in [0.05, 0.1) is 24.3 Å². The Morgan fingerprint density at radius 3 is 2.40 bits per heavy atom. The Hall–Kier alpha value is -3.20. The van der Waals surface area contributed by atoms with Gasteiger partial charge >= 0.3 is 0 Å². The lowest BCUT2D eigenvalue weighted by atomic mass is 10.1. The van der Waals surface area contributed by atoms with Crippen molar-refractivity contribution in [3.63, 3.8) is 0 Å². The van der Waals surface area contributed by atoms with Gasteiger partial charge in [-0.15, -0.1) is 0 Å². The first kappa shape index (κ1) is 18.1. The van der Waals surface area contributed by atoms with Gasteiger partial charge in [0.1, 0.15) is 5.76 Å². The molecule has 1 aromatic carbocycles. The summed E-state index contributed by atoms with van der Waals surface area (Å²) in [6.45, 7) is 1.65. The molecule has 0 saturated heterocycles. The molecule has 0 saturated carbocycles. The number of hydrogen-bond acceptors (Lipinski definition) is 6. The molecule has 0 radical (unpaired) electrons. The van der Waals surface area contributed by atoms with Crippen molar-refractivity contribution in [1.82, 2.24) is 10.1 Å². The highest BCUT2D eigenvalue weighted by Gasteiger charge is 2.14. The van der Waals surface area contributed by atoms with Gasteiger partial charge in [-0.3, -0.25) is 19.3 Å². The number of nitrogens with one attached hydrogen (secondary N) is 2. The summed E-state index contributed by atoms with van der Waals surface area (Å²) in [5.41, 5.74) is 5.81. The van der Waals surface area contributed by atoms with Gasteiger partial charge < -0.3 is 20.9 Å². The molecule has 25 heavy (non-hydrogen) atoms. The average Bonchev–Trinajstić information content (AvgIpc) is 2.91. The lowest BCUT2D eigenvalue weighted by Gasteiger charge is -2.16. The molecule has 0 spiro atoms. The Balaban J connectivity index is 1.86. The van der Waals surface area contributed by atoms with Crippen LogP contribution in [0.2, 0.25) is 0 Å². The molecule has 0 aliphatic rings. The number of anilines is 2. The van der Waals surface area contributed by atoms with Crippen LogP contribution in [0.1, 0.15) is 16.1 Å². The number of nitrogens with two attached hydrogens (primary N) is 1. The van der Waals surface area contributed by atoms with Crippen molar-refractivity contribution in [2.45, 2.75) is 6.92 Å². The van der Waals surface area contributed by atoms with E-state index in [2.05, 4.69) is 15.8 Å². The van der Waals surface area contributed by atoms with Crippen LogP contribution in [0, 0.1) is 6.92 Å². The summed E-state index contributed by atoms with van der Waals surface area (Å²) < 4.78 is 4.85. The lowest BCUT2D eigenvalue weighted by molar-refractivity contribution is -0.119. The number of rotatable bonds is 7. The first-order valence-electron chi connectivity index (χ1n) is 7.45. The number of amides is 3. The van der Waals surface area contributed by atoms with Gasteiger partial charge in [-0.1, -0.05) is 17.3 Å². The van der Waals surface area contributed by atoms with Crippen LogP contribution in [0.25, 0.3) is 0 Å². The van der Waals surface area contributed by atoms with E-state index in [-0.39, 0.29) is 30.5 Å². The predicted molar refractivity (Wildman–Crippen MR) is 91.0 cm³/mol.